The average molecular weight is 371 g/mol. The average Bonchev–Trinajstić information content (AvgIpc) is 3.38. The van der Waals surface area contributed by atoms with E-state index in [1.807, 2.05) is 31.2 Å². The Bertz CT molecular complexity index is 845. The van der Waals surface area contributed by atoms with Gasteiger partial charge in [-0.1, -0.05) is 12.1 Å². The van der Waals surface area contributed by atoms with Crippen LogP contribution >= 0.6 is 0 Å². The van der Waals surface area contributed by atoms with Gasteiger partial charge in [0, 0.05) is 13.2 Å². The van der Waals surface area contributed by atoms with Crippen molar-refractivity contribution in [2.24, 2.45) is 0 Å². The van der Waals surface area contributed by atoms with Crippen molar-refractivity contribution in [3.8, 4) is 11.4 Å². The van der Waals surface area contributed by atoms with E-state index in [0.717, 1.165) is 12.1 Å². The van der Waals surface area contributed by atoms with Crippen LogP contribution in [0, 0.1) is 0 Å². The zero-order valence-corrected chi connectivity index (χ0v) is 15.2. The number of rotatable bonds is 9. The molecule has 3 rings (SSSR count). The number of nitrogens with one attached hydrogen (secondary N) is 1. The van der Waals surface area contributed by atoms with Crippen LogP contribution in [0.4, 0.5) is 0 Å². The highest BCUT2D eigenvalue weighted by atomic mass is 16.5. The van der Waals surface area contributed by atoms with Gasteiger partial charge in [0.25, 0.3) is 5.91 Å². The number of carbonyl (C=O) groups excluding carboxylic acids is 1. The van der Waals surface area contributed by atoms with Crippen LogP contribution in [-0.2, 0) is 11.3 Å². The maximum atomic E-state index is 12.2. The summed E-state index contributed by atoms with van der Waals surface area (Å²) in [6.07, 6.45) is 3.85. The summed E-state index contributed by atoms with van der Waals surface area (Å²) in [6.45, 7) is 2.58. The van der Waals surface area contributed by atoms with Gasteiger partial charge in [0.15, 0.2) is 11.5 Å². The summed E-state index contributed by atoms with van der Waals surface area (Å²) in [4.78, 5) is 16.1. The van der Waals surface area contributed by atoms with Crippen molar-refractivity contribution in [3.05, 3.63) is 54.4 Å². The first-order chi connectivity index (χ1) is 13.2. The molecule has 1 amide bonds. The van der Waals surface area contributed by atoms with E-state index in [2.05, 4.69) is 20.6 Å². The molecule has 2 aromatic heterocycles. The maximum absolute atomic E-state index is 12.2. The van der Waals surface area contributed by atoms with Crippen molar-refractivity contribution in [1.82, 2.24) is 25.2 Å². The molecule has 9 nitrogen and oxygen atoms in total. The van der Waals surface area contributed by atoms with E-state index in [0.29, 0.717) is 18.1 Å². The molecule has 0 saturated heterocycles. The van der Waals surface area contributed by atoms with Crippen LogP contribution in [-0.4, -0.2) is 45.6 Å². The second-order valence-corrected chi connectivity index (χ2v) is 5.84. The fourth-order valence-corrected chi connectivity index (χ4v) is 2.40. The molecule has 0 radical (unpaired) electrons. The normalized spacial score (nSPS) is 11.9. The van der Waals surface area contributed by atoms with E-state index in [1.165, 1.54) is 6.33 Å². The van der Waals surface area contributed by atoms with Crippen molar-refractivity contribution < 1.29 is 18.8 Å². The molecule has 0 spiro atoms. The summed E-state index contributed by atoms with van der Waals surface area (Å²) in [7, 11) is 1.60. The van der Waals surface area contributed by atoms with Gasteiger partial charge in [0.05, 0.1) is 18.3 Å². The number of hydrogen-bond donors (Lipinski definition) is 1. The quantitative estimate of drug-likeness (QED) is 0.613. The molecule has 0 unspecified atom stereocenters. The van der Waals surface area contributed by atoms with Crippen molar-refractivity contribution >= 4 is 5.91 Å². The summed E-state index contributed by atoms with van der Waals surface area (Å²) in [6, 6.07) is 8.87. The Morgan fingerprint density at radius 2 is 2.15 bits per heavy atom. The number of amides is 1. The highest BCUT2D eigenvalue weighted by Gasteiger charge is 2.16. The molecule has 0 aliphatic rings. The standard InChI is InChI=1S/C18H21N5O4/c1-3-13(9-25-2)21-18(24)17-8-16(27-22-17)10-26-15-6-4-14(5-7-15)23-12-19-11-20-23/h4-8,11-13H,3,9-10H2,1-2H3,(H,21,24)/t13-/m1/s1. The molecular formula is C18H21N5O4. The van der Waals surface area contributed by atoms with Gasteiger partial charge in [-0.15, -0.1) is 0 Å². The number of nitrogens with zero attached hydrogens (tertiary/aromatic N) is 4. The van der Waals surface area contributed by atoms with Gasteiger partial charge in [0.1, 0.15) is 25.0 Å². The SMILES string of the molecule is CC[C@H](COC)NC(=O)c1cc(COc2ccc(-n3cncn3)cc2)on1. The summed E-state index contributed by atoms with van der Waals surface area (Å²) >= 11 is 0. The van der Waals surface area contributed by atoms with Gasteiger partial charge < -0.3 is 19.3 Å². The Morgan fingerprint density at radius 1 is 1.33 bits per heavy atom. The minimum Gasteiger partial charge on any atom is -0.486 e. The van der Waals surface area contributed by atoms with Crippen LogP contribution in [0.1, 0.15) is 29.6 Å². The van der Waals surface area contributed by atoms with Crippen LogP contribution in [0.3, 0.4) is 0 Å². The molecule has 142 valence electrons. The number of hydrogen-bond acceptors (Lipinski definition) is 7. The number of aromatic nitrogens is 4. The van der Waals surface area contributed by atoms with Crippen LogP contribution in [0.25, 0.3) is 5.69 Å². The van der Waals surface area contributed by atoms with E-state index < -0.39 is 0 Å². The molecule has 1 aromatic carbocycles. The van der Waals surface area contributed by atoms with E-state index in [4.69, 9.17) is 14.0 Å². The molecule has 2 heterocycles. The monoisotopic (exact) mass is 371 g/mol. The first-order valence-electron chi connectivity index (χ1n) is 8.53. The van der Waals surface area contributed by atoms with Crippen LogP contribution in [0.15, 0.2) is 47.5 Å². The lowest BCUT2D eigenvalue weighted by Crippen LogP contribution is -2.37. The van der Waals surface area contributed by atoms with Crippen molar-refractivity contribution in [2.45, 2.75) is 26.0 Å². The Kier molecular flexibility index (Phi) is 6.16. The van der Waals surface area contributed by atoms with Gasteiger partial charge in [-0.3, -0.25) is 4.79 Å². The van der Waals surface area contributed by atoms with Gasteiger partial charge in [-0.05, 0) is 30.7 Å². The fourth-order valence-electron chi connectivity index (χ4n) is 2.40. The fraction of sp³-hybridized carbons (Fsp3) is 0.333. The van der Waals surface area contributed by atoms with Crippen LogP contribution in [0.2, 0.25) is 0 Å². The highest BCUT2D eigenvalue weighted by molar-refractivity contribution is 5.92. The molecule has 3 aromatic rings. The third kappa shape index (κ3) is 4.91. The topological polar surface area (TPSA) is 104 Å². The molecule has 0 aliphatic carbocycles. The lowest BCUT2D eigenvalue weighted by atomic mass is 10.2. The van der Waals surface area contributed by atoms with Crippen LogP contribution in [0.5, 0.6) is 5.75 Å². The zero-order valence-electron chi connectivity index (χ0n) is 15.2. The Balaban J connectivity index is 1.54. The Labute approximate surface area is 156 Å². The first-order valence-corrected chi connectivity index (χ1v) is 8.53. The van der Waals surface area contributed by atoms with Gasteiger partial charge >= 0.3 is 0 Å². The van der Waals surface area contributed by atoms with E-state index in [9.17, 15) is 4.79 Å². The summed E-state index contributed by atoms with van der Waals surface area (Å²) in [5, 5.41) is 10.7. The molecule has 0 aliphatic heterocycles. The number of ether oxygens (including phenoxy) is 2. The van der Waals surface area contributed by atoms with Crippen molar-refractivity contribution in [1.29, 1.82) is 0 Å². The molecule has 1 atom stereocenters. The molecule has 27 heavy (non-hydrogen) atoms. The van der Waals surface area contributed by atoms with E-state index >= 15 is 0 Å². The smallest absolute Gasteiger partial charge is 0.273 e. The first kappa shape index (κ1) is 18.6. The molecule has 9 heteroatoms. The largest absolute Gasteiger partial charge is 0.486 e. The van der Waals surface area contributed by atoms with Crippen molar-refractivity contribution in [2.75, 3.05) is 13.7 Å². The lowest BCUT2D eigenvalue weighted by molar-refractivity contribution is 0.0885. The van der Waals surface area contributed by atoms with E-state index in [1.54, 1.807) is 24.2 Å². The third-order valence-corrected chi connectivity index (χ3v) is 3.89. The zero-order chi connectivity index (χ0) is 19.1. The second-order valence-electron chi connectivity index (χ2n) is 5.84. The molecule has 0 saturated carbocycles. The number of methoxy groups -OCH3 is 1. The Morgan fingerprint density at radius 3 is 2.81 bits per heavy atom. The van der Waals surface area contributed by atoms with E-state index in [-0.39, 0.29) is 24.2 Å². The minimum atomic E-state index is -0.300. The highest BCUT2D eigenvalue weighted by Crippen LogP contribution is 2.16. The number of benzene rings is 1. The molecule has 1 N–H and O–H groups in total. The van der Waals surface area contributed by atoms with Gasteiger partial charge in [-0.2, -0.15) is 5.10 Å². The maximum Gasteiger partial charge on any atom is 0.273 e. The van der Waals surface area contributed by atoms with Crippen molar-refractivity contribution in [3.63, 3.8) is 0 Å². The summed E-state index contributed by atoms with van der Waals surface area (Å²) in [5.74, 6) is 0.818. The lowest BCUT2D eigenvalue weighted by Gasteiger charge is -2.14. The predicted molar refractivity (Wildman–Crippen MR) is 95.6 cm³/mol. The second kappa shape index (κ2) is 8.95. The third-order valence-electron chi connectivity index (χ3n) is 3.89. The molecule has 0 bridgehead atoms. The summed E-state index contributed by atoms with van der Waals surface area (Å²) in [5.41, 5.74) is 1.09. The predicted octanol–water partition coefficient (Wildman–Crippen LogP) is 1.99. The number of carbonyl (C=O) groups is 1. The molecule has 0 fully saturated rings. The van der Waals surface area contributed by atoms with Gasteiger partial charge in [0.2, 0.25) is 0 Å². The Hall–Kier alpha value is -3.20. The van der Waals surface area contributed by atoms with Crippen LogP contribution < -0.4 is 10.1 Å². The van der Waals surface area contributed by atoms with Gasteiger partial charge in [-0.25, -0.2) is 9.67 Å². The summed E-state index contributed by atoms with van der Waals surface area (Å²) < 4.78 is 17.6. The minimum absolute atomic E-state index is 0.0672. The molecular weight excluding hydrogens is 350 g/mol.